The summed E-state index contributed by atoms with van der Waals surface area (Å²) >= 11 is 9.13. The van der Waals surface area contributed by atoms with Gasteiger partial charge >= 0.3 is 55.8 Å². The first kappa shape index (κ1) is 125. The number of hydrogen-bond donors (Lipinski definition) is 14. The van der Waals surface area contributed by atoms with Crippen LogP contribution in [0, 0.1) is 11.6 Å². The molecule has 14 N–H and O–H groups in total. The molecule has 0 saturated carbocycles. The van der Waals surface area contributed by atoms with E-state index in [0.717, 1.165) is 60.3 Å². The number of carbonyl (C=O) groups excluding carboxylic acids is 14. The van der Waals surface area contributed by atoms with E-state index in [2.05, 4.69) is 37.2 Å². The van der Waals surface area contributed by atoms with E-state index in [-0.39, 0.29) is 145 Å². The van der Waals surface area contributed by atoms with Gasteiger partial charge in [0.05, 0.1) is 130 Å². The summed E-state index contributed by atoms with van der Waals surface area (Å²) in [6.45, 7) is 11.0. The number of esters is 1. The van der Waals surface area contributed by atoms with Crippen LogP contribution in [-0.4, -0.2) is 258 Å². The van der Waals surface area contributed by atoms with E-state index in [0.29, 0.717) is 109 Å². The number of Topliss-reactive ketones (excluding diaryl/α,β-unsaturated/α-hetero) is 6. The first-order valence-corrected chi connectivity index (χ1v) is 54.7. The quantitative estimate of drug-likeness (QED) is 0.0101. The first-order chi connectivity index (χ1) is 71.6. The molecule has 7 aromatic rings. The number of amides is 7. The molecule has 6 aromatic heterocycles. The third-order valence-electron chi connectivity index (χ3n) is 23.2. The molecule has 13 heterocycles. The molecule has 14 atom stereocenters. The summed E-state index contributed by atoms with van der Waals surface area (Å²) in [4.78, 5) is 167. The fourth-order valence-electron chi connectivity index (χ4n) is 16.2. The van der Waals surface area contributed by atoms with E-state index in [1.165, 1.54) is 110 Å². The molecule has 806 valence electrons. The number of nitrogens with one attached hydrogen (secondary N) is 7. The number of carbonyl (C=O) groups is 14. The minimum atomic E-state index is -1.21. The van der Waals surface area contributed by atoms with Crippen molar-refractivity contribution in [2.45, 2.75) is 293 Å². The van der Waals surface area contributed by atoms with E-state index >= 15 is 0 Å². The van der Waals surface area contributed by atoms with Gasteiger partial charge in [-0.15, -0.1) is 68.0 Å². The van der Waals surface area contributed by atoms with Crippen LogP contribution < -0.4 is 37.2 Å². The predicted octanol–water partition coefficient (Wildman–Crippen LogP) is 7.92. The molecular formula is C99H130B7F2N7O29S6. The van der Waals surface area contributed by atoms with E-state index < -0.39 is 133 Å². The van der Waals surface area contributed by atoms with E-state index in [1.807, 2.05) is 129 Å². The Kier molecular flexibility index (Phi) is 56.3. The van der Waals surface area contributed by atoms with Crippen LogP contribution in [0.4, 0.5) is 8.78 Å². The van der Waals surface area contributed by atoms with Crippen LogP contribution in [0.3, 0.4) is 0 Å². The number of ketones is 6. The molecule has 3 fully saturated rings. The van der Waals surface area contributed by atoms with Crippen LogP contribution >= 0.6 is 68.0 Å². The Bertz CT molecular complexity index is 5100. The van der Waals surface area contributed by atoms with Crippen molar-refractivity contribution in [2.24, 2.45) is 0 Å². The Morgan fingerprint density at radius 3 is 0.780 bits per heavy atom. The van der Waals surface area contributed by atoms with Gasteiger partial charge in [-0.2, -0.15) is 0 Å². The lowest BCUT2D eigenvalue weighted by Crippen LogP contribution is -2.53. The van der Waals surface area contributed by atoms with Crippen molar-refractivity contribution in [1.82, 2.24) is 37.2 Å². The standard InChI is InChI=1S/C15H18BF2NO4.C14H20BNO5S.C14H20BNO4S.4C14H18BNO4S/c1-9(20)4-13-2-3-14(16(22)23-13)19-15(21)7-10-5-11(17)8-12(18)6-10;1-2-20-14(18)8-10-5-6-12(15(19)21-10)16-13(17)9-11-4-3-7-22-11;5*1-10(17)8-11-4-2-6-13(15(19)20-11)16-14(18)9-12-5-3-7-21-12/h5-6,8,13-14,22H,2-4,7H2,1H3,(H,19,21);3-4,7,10,12,19H,2,5-6,8-9H2,1H3,(H,16,17);3,5,7,11,13,19H,2,4,6,8-9H2,1H3,(H,16,18);4*2-5,7,11,13,19H,6,8-9H2,1H3,(H,16,18)/t13-,14-;10-,12-;3*11-,13+;2*11-,13-/m0011100/s1. The Hall–Kier alpha value is -10.1. The number of ether oxygens (including phenoxy) is 1. The lowest BCUT2D eigenvalue weighted by atomic mass is 9.72. The molecule has 0 unspecified atom stereocenters. The van der Waals surface area contributed by atoms with Gasteiger partial charge in [-0.1, -0.05) is 85.0 Å². The largest absolute Gasteiger partial charge is 0.478 e. The Morgan fingerprint density at radius 2 is 0.540 bits per heavy atom. The van der Waals surface area contributed by atoms with Gasteiger partial charge in [-0.3, -0.25) is 67.1 Å². The molecule has 0 aliphatic carbocycles. The highest BCUT2D eigenvalue weighted by molar-refractivity contribution is 7.11. The first-order valence-electron chi connectivity index (χ1n) is 49.4. The molecule has 36 nitrogen and oxygen atoms in total. The highest BCUT2D eigenvalue weighted by atomic mass is 32.1. The zero-order chi connectivity index (χ0) is 109. The zero-order valence-electron chi connectivity index (χ0n) is 84.6. The zero-order valence-corrected chi connectivity index (χ0v) is 89.5. The molecule has 0 bridgehead atoms. The average molecular weight is 2190 g/mol. The summed E-state index contributed by atoms with van der Waals surface area (Å²) < 4.78 is 68.8. The van der Waals surface area contributed by atoms with Crippen LogP contribution in [0.15, 0.2) is 172 Å². The third kappa shape index (κ3) is 50.2. The smallest absolute Gasteiger partial charge is 0.466 e. The Labute approximate surface area is 897 Å². The van der Waals surface area contributed by atoms with Crippen molar-refractivity contribution >= 4 is 200 Å². The SMILES string of the molecule is CC(=O)C[C@@H]1C=CC[C@H](NC(=O)Cc2cccs2)B(O)O1.CC(=O)C[C@@H]1C=CC[C@H](NC(=O)Cc2cccs2)B(O)O1.CC(=O)C[C@@H]1CC[C@H](NC(=O)Cc2cc(F)cc(F)c2)B(O)O1.CC(=O)C[C@H]1C=CC[C@H](NC(=O)Cc2cccs2)B(O)O1.CC(=O)C[C@H]1C=CC[C@H](NC(=O)Cc2cccs2)B(O)O1.CC(=O)C[C@H]1CCC[C@H](NC(=O)Cc2cccs2)B(O)O1.CCOC(=O)C[C@@H]1CC[C@H](NC(=O)Cc2cccs2)B(O)O1. The molecule has 7 aliphatic heterocycles. The Morgan fingerprint density at radius 1 is 0.307 bits per heavy atom. The summed E-state index contributed by atoms with van der Waals surface area (Å²) in [7, 11) is -7.81. The summed E-state index contributed by atoms with van der Waals surface area (Å²) in [6.07, 6.45) is 21.1. The van der Waals surface area contributed by atoms with E-state index in [4.69, 9.17) is 37.3 Å². The van der Waals surface area contributed by atoms with Crippen LogP contribution in [0.2, 0.25) is 0 Å². The minimum absolute atomic E-state index is 0.00275. The highest BCUT2D eigenvalue weighted by Crippen LogP contribution is 2.27. The Balaban J connectivity index is 0.000000213. The van der Waals surface area contributed by atoms with Crippen LogP contribution in [-0.2, 0) is 149 Å². The van der Waals surface area contributed by atoms with Gasteiger partial charge < -0.3 is 110 Å². The lowest BCUT2D eigenvalue weighted by Gasteiger charge is -2.31. The second-order valence-electron chi connectivity index (χ2n) is 36.6. The second kappa shape index (κ2) is 67.5. The van der Waals surface area contributed by atoms with Gasteiger partial charge in [-0.25, -0.2) is 8.78 Å². The molecule has 1 aromatic carbocycles. The predicted molar refractivity (Wildman–Crippen MR) is 572 cm³/mol. The van der Waals surface area contributed by atoms with Crippen molar-refractivity contribution in [1.29, 1.82) is 0 Å². The molecular weight excluding hydrogens is 2060 g/mol. The number of halogens is 2. The van der Waals surface area contributed by atoms with Gasteiger partial charge in [0.2, 0.25) is 41.4 Å². The van der Waals surface area contributed by atoms with Gasteiger partial charge in [-0.05, 0) is 205 Å². The fourth-order valence-corrected chi connectivity index (χ4v) is 20.5. The van der Waals surface area contributed by atoms with Crippen molar-refractivity contribution in [3.63, 3.8) is 0 Å². The van der Waals surface area contributed by atoms with Crippen LogP contribution in [0.25, 0.3) is 0 Å². The molecule has 14 rings (SSSR count). The second-order valence-corrected chi connectivity index (χ2v) is 42.8. The van der Waals surface area contributed by atoms with Crippen LogP contribution in [0.5, 0.6) is 0 Å². The van der Waals surface area contributed by atoms with Crippen molar-refractivity contribution in [2.75, 3.05) is 6.61 Å². The maximum absolute atomic E-state index is 13.1. The van der Waals surface area contributed by atoms with Crippen molar-refractivity contribution in [3.05, 3.63) is 218 Å². The van der Waals surface area contributed by atoms with Crippen molar-refractivity contribution in [3.8, 4) is 0 Å². The molecule has 51 heteroatoms. The van der Waals surface area contributed by atoms with E-state index in [9.17, 15) is 111 Å². The summed E-state index contributed by atoms with van der Waals surface area (Å²) in [5, 5.41) is 101. The molecule has 0 radical (unpaired) electrons. The van der Waals surface area contributed by atoms with Gasteiger partial charge in [0, 0.05) is 86.1 Å². The molecule has 7 amide bonds. The number of benzene rings is 1. The summed E-state index contributed by atoms with van der Waals surface area (Å²) in [5.74, 6) is -6.58. The molecule has 3 saturated heterocycles. The van der Waals surface area contributed by atoms with Gasteiger partial charge in [0.1, 0.15) is 46.3 Å². The van der Waals surface area contributed by atoms with Crippen LogP contribution in [0.1, 0.15) is 199 Å². The molecule has 7 aliphatic rings. The maximum atomic E-state index is 13.1. The van der Waals surface area contributed by atoms with E-state index in [1.54, 1.807) is 31.2 Å². The fraction of sp³-hybridized carbons (Fsp3) is 0.475. The number of rotatable bonds is 36. The van der Waals surface area contributed by atoms with Gasteiger partial charge in [0.25, 0.3) is 0 Å². The molecule has 0 spiro atoms. The average Bonchev–Trinajstić information content (AvgIpc) is 1.19. The summed E-state index contributed by atoms with van der Waals surface area (Å²) in [5.41, 5.74) is 0.209. The minimum Gasteiger partial charge on any atom is -0.466 e. The number of hydrogen-bond acceptors (Lipinski definition) is 35. The highest BCUT2D eigenvalue weighted by Gasteiger charge is 2.42. The monoisotopic (exact) mass is 2190 g/mol. The maximum Gasteiger partial charge on any atom is 0.478 e. The van der Waals surface area contributed by atoms with Crippen molar-refractivity contribution < 1.29 is 148 Å². The molecule has 150 heavy (non-hydrogen) atoms. The topological polar surface area (TPSA) is 539 Å². The lowest BCUT2D eigenvalue weighted by molar-refractivity contribution is -0.145. The normalized spacial score (nSPS) is 21.8. The number of thiophene rings is 6. The third-order valence-corrected chi connectivity index (χ3v) is 28.4. The summed E-state index contributed by atoms with van der Waals surface area (Å²) in [6, 6.07) is 25.7. The van der Waals surface area contributed by atoms with Gasteiger partial charge in [0.15, 0.2) is 0 Å².